The maximum Gasteiger partial charge on any atom is 0.230 e. The molecule has 0 saturated carbocycles. The number of thioether (sulfide) groups is 1. The Bertz CT molecular complexity index is 598. The average Bonchev–Trinajstić information content (AvgIpc) is 2.49. The summed E-state index contributed by atoms with van der Waals surface area (Å²) in [5, 5.41) is 3.77. The first kappa shape index (κ1) is 16.9. The molecule has 0 radical (unpaired) electrons. The molecule has 1 N–H and O–H groups in total. The van der Waals surface area contributed by atoms with Gasteiger partial charge in [0.1, 0.15) is 0 Å². The summed E-state index contributed by atoms with van der Waals surface area (Å²) in [6.45, 7) is 3.94. The molecule has 0 saturated heterocycles. The Morgan fingerprint density at radius 3 is 2.23 bits per heavy atom. The van der Waals surface area contributed by atoms with Gasteiger partial charge in [-0.05, 0) is 37.1 Å². The first-order chi connectivity index (χ1) is 10.6. The first-order valence-electron chi connectivity index (χ1n) is 7.27. The number of hydrogen-bond donors (Lipinski definition) is 1. The highest BCUT2D eigenvalue weighted by atomic mass is 35.5. The molecule has 1 atom stereocenters. The normalized spacial score (nSPS) is 12.2. The number of hydrogen-bond acceptors (Lipinski definition) is 2. The van der Waals surface area contributed by atoms with Crippen molar-refractivity contribution in [1.29, 1.82) is 0 Å². The molecule has 0 aromatic heterocycles. The summed E-state index contributed by atoms with van der Waals surface area (Å²) in [5.41, 5.74) is 2.34. The van der Waals surface area contributed by atoms with Gasteiger partial charge in [0.2, 0.25) is 5.91 Å². The van der Waals surface area contributed by atoms with Crippen LogP contribution in [0.4, 0.5) is 0 Å². The molecule has 2 aromatic rings. The molecule has 4 heteroatoms. The summed E-state index contributed by atoms with van der Waals surface area (Å²) in [5.74, 6) is 0.496. The van der Waals surface area contributed by atoms with Crippen molar-refractivity contribution in [3.8, 4) is 0 Å². The average molecular weight is 334 g/mol. The van der Waals surface area contributed by atoms with Crippen molar-refractivity contribution in [2.45, 2.75) is 25.1 Å². The van der Waals surface area contributed by atoms with Crippen LogP contribution < -0.4 is 5.32 Å². The van der Waals surface area contributed by atoms with Gasteiger partial charge < -0.3 is 5.32 Å². The fourth-order valence-corrected chi connectivity index (χ4v) is 3.40. The van der Waals surface area contributed by atoms with Crippen molar-refractivity contribution in [1.82, 2.24) is 5.32 Å². The first-order valence-corrected chi connectivity index (χ1v) is 8.70. The number of nitrogens with one attached hydrogen (secondary N) is 1. The van der Waals surface area contributed by atoms with Gasteiger partial charge in [0.05, 0.1) is 11.0 Å². The number of rotatable bonds is 6. The van der Waals surface area contributed by atoms with Crippen molar-refractivity contribution < 1.29 is 4.79 Å². The molecule has 0 unspecified atom stereocenters. The van der Waals surface area contributed by atoms with Gasteiger partial charge >= 0.3 is 0 Å². The topological polar surface area (TPSA) is 29.1 Å². The maximum atomic E-state index is 11.9. The molecule has 0 bridgehead atoms. The minimum atomic E-state index is 0.0647. The van der Waals surface area contributed by atoms with E-state index in [9.17, 15) is 4.79 Å². The standard InChI is InChI=1S/C18H20ClNOS/c1-13(2)20-17(21)12-22-18(14-6-4-3-5-7-14)15-8-10-16(19)11-9-15/h3-11,13,18H,12H2,1-2H3,(H,20,21)/t18-/m1/s1. The van der Waals surface area contributed by atoms with Crippen molar-refractivity contribution in [3.63, 3.8) is 0 Å². The zero-order valence-electron chi connectivity index (χ0n) is 12.8. The van der Waals surface area contributed by atoms with Crippen LogP contribution in [0, 0.1) is 0 Å². The van der Waals surface area contributed by atoms with E-state index in [0.29, 0.717) is 5.75 Å². The maximum absolute atomic E-state index is 11.9. The number of halogens is 1. The Kier molecular flexibility index (Phi) is 6.34. The molecule has 0 aliphatic heterocycles. The zero-order valence-corrected chi connectivity index (χ0v) is 14.3. The van der Waals surface area contributed by atoms with Gasteiger partial charge in [0, 0.05) is 11.1 Å². The summed E-state index contributed by atoms with van der Waals surface area (Å²) < 4.78 is 0. The van der Waals surface area contributed by atoms with Crippen molar-refractivity contribution in [2.24, 2.45) is 0 Å². The summed E-state index contributed by atoms with van der Waals surface area (Å²) in [7, 11) is 0. The Morgan fingerprint density at radius 2 is 1.64 bits per heavy atom. The number of benzene rings is 2. The highest BCUT2D eigenvalue weighted by molar-refractivity contribution is 8.00. The fourth-order valence-electron chi connectivity index (χ4n) is 2.17. The van der Waals surface area contributed by atoms with E-state index >= 15 is 0 Å². The number of carbonyl (C=O) groups is 1. The molecule has 0 spiro atoms. The van der Waals surface area contributed by atoms with Crippen molar-refractivity contribution in [2.75, 3.05) is 5.75 Å². The SMILES string of the molecule is CC(C)NC(=O)CS[C@H](c1ccccc1)c1ccc(Cl)cc1. The highest BCUT2D eigenvalue weighted by Gasteiger charge is 2.16. The molecule has 0 aliphatic carbocycles. The van der Waals surface area contributed by atoms with Crippen molar-refractivity contribution >= 4 is 29.3 Å². The number of carbonyl (C=O) groups excluding carboxylic acids is 1. The highest BCUT2D eigenvalue weighted by Crippen LogP contribution is 2.35. The molecule has 116 valence electrons. The van der Waals surface area contributed by atoms with Gasteiger partial charge in [0.15, 0.2) is 0 Å². The van der Waals surface area contributed by atoms with Crippen LogP contribution >= 0.6 is 23.4 Å². The van der Waals surface area contributed by atoms with E-state index in [1.165, 1.54) is 5.56 Å². The lowest BCUT2D eigenvalue weighted by molar-refractivity contribution is -0.119. The lowest BCUT2D eigenvalue weighted by Gasteiger charge is -2.18. The summed E-state index contributed by atoms with van der Waals surface area (Å²) in [6, 6.07) is 18.2. The molecular weight excluding hydrogens is 314 g/mol. The number of amides is 1. The van der Waals surface area contributed by atoms with E-state index in [-0.39, 0.29) is 17.2 Å². The van der Waals surface area contributed by atoms with Gasteiger partial charge in [0.25, 0.3) is 0 Å². The Morgan fingerprint density at radius 1 is 1.05 bits per heavy atom. The minimum absolute atomic E-state index is 0.0647. The summed E-state index contributed by atoms with van der Waals surface area (Å²) in [6.07, 6.45) is 0. The monoisotopic (exact) mass is 333 g/mol. The molecule has 22 heavy (non-hydrogen) atoms. The lowest BCUT2D eigenvalue weighted by atomic mass is 10.0. The second kappa shape index (κ2) is 8.25. The second-order valence-electron chi connectivity index (χ2n) is 5.38. The van der Waals surface area contributed by atoms with Crippen LogP contribution in [0.25, 0.3) is 0 Å². The Labute approximate surface area is 141 Å². The van der Waals surface area contributed by atoms with Gasteiger partial charge in [-0.3, -0.25) is 4.79 Å². The Hall–Kier alpha value is -1.45. The van der Waals surface area contributed by atoms with Gasteiger partial charge in [-0.15, -0.1) is 11.8 Å². The fraction of sp³-hybridized carbons (Fsp3) is 0.278. The quantitative estimate of drug-likeness (QED) is 0.831. The lowest BCUT2D eigenvalue weighted by Crippen LogP contribution is -2.31. The van der Waals surface area contributed by atoms with E-state index < -0.39 is 0 Å². The van der Waals surface area contributed by atoms with E-state index in [1.54, 1.807) is 11.8 Å². The van der Waals surface area contributed by atoms with Gasteiger partial charge in [-0.25, -0.2) is 0 Å². The van der Waals surface area contributed by atoms with Crippen LogP contribution in [0.3, 0.4) is 0 Å². The van der Waals surface area contributed by atoms with Gasteiger partial charge in [-0.2, -0.15) is 0 Å². The van der Waals surface area contributed by atoms with Crippen LogP contribution in [-0.4, -0.2) is 17.7 Å². The predicted molar refractivity (Wildman–Crippen MR) is 95.5 cm³/mol. The Balaban J connectivity index is 2.16. The molecule has 2 nitrogen and oxygen atoms in total. The van der Waals surface area contributed by atoms with Crippen LogP contribution in [0.5, 0.6) is 0 Å². The van der Waals surface area contributed by atoms with E-state index in [2.05, 4.69) is 17.4 Å². The van der Waals surface area contributed by atoms with Gasteiger partial charge in [-0.1, -0.05) is 54.1 Å². The molecule has 0 aliphatic rings. The minimum Gasteiger partial charge on any atom is -0.353 e. The van der Waals surface area contributed by atoms with Crippen LogP contribution in [0.15, 0.2) is 54.6 Å². The predicted octanol–water partition coefficient (Wildman–Crippen LogP) is 4.69. The molecule has 1 amide bonds. The van der Waals surface area contributed by atoms with Crippen LogP contribution in [-0.2, 0) is 4.79 Å². The molecule has 0 heterocycles. The summed E-state index contributed by atoms with van der Waals surface area (Å²) >= 11 is 7.60. The van der Waals surface area contributed by atoms with Crippen molar-refractivity contribution in [3.05, 3.63) is 70.7 Å². The largest absolute Gasteiger partial charge is 0.353 e. The van der Waals surface area contributed by atoms with E-state index in [0.717, 1.165) is 10.6 Å². The smallest absolute Gasteiger partial charge is 0.230 e. The molecule has 2 rings (SSSR count). The third-order valence-electron chi connectivity index (χ3n) is 3.11. The van der Waals surface area contributed by atoms with E-state index in [1.807, 2.05) is 56.3 Å². The molecule has 2 aromatic carbocycles. The third kappa shape index (κ3) is 5.08. The van der Waals surface area contributed by atoms with Crippen LogP contribution in [0.2, 0.25) is 5.02 Å². The van der Waals surface area contributed by atoms with Crippen LogP contribution in [0.1, 0.15) is 30.2 Å². The zero-order chi connectivity index (χ0) is 15.9. The summed E-state index contributed by atoms with van der Waals surface area (Å²) in [4.78, 5) is 11.9. The second-order valence-corrected chi connectivity index (χ2v) is 6.91. The molecule has 0 fully saturated rings. The van der Waals surface area contributed by atoms with E-state index in [4.69, 9.17) is 11.6 Å². The molecular formula is C18H20ClNOS. The third-order valence-corrected chi connectivity index (χ3v) is 4.66.